The Labute approximate surface area is 112 Å². The van der Waals surface area contributed by atoms with Gasteiger partial charge in [0, 0.05) is 32.3 Å². The highest BCUT2D eigenvalue weighted by atomic mass is 16.5. The molecule has 1 unspecified atom stereocenters. The molecule has 1 saturated carbocycles. The summed E-state index contributed by atoms with van der Waals surface area (Å²) in [6.45, 7) is 9.38. The molecule has 0 radical (unpaired) electrons. The quantitative estimate of drug-likeness (QED) is 0.517. The first-order valence-electron chi connectivity index (χ1n) is 7.48. The second kappa shape index (κ2) is 9.73. The van der Waals surface area contributed by atoms with E-state index in [0.717, 1.165) is 45.1 Å². The van der Waals surface area contributed by atoms with Crippen LogP contribution in [0.4, 0.5) is 0 Å². The minimum Gasteiger partial charge on any atom is -0.389 e. The first-order valence-corrected chi connectivity index (χ1v) is 7.48. The normalized spacial score (nSPS) is 17.3. The summed E-state index contributed by atoms with van der Waals surface area (Å²) in [4.78, 5) is 2.51. The number of aliphatic hydroxyl groups excluding tert-OH is 1. The lowest BCUT2D eigenvalue weighted by Crippen LogP contribution is -2.37. The van der Waals surface area contributed by atoms with Crippen molar-refractivity contribution in [2.45, 2.75) is 51.7 Å². The molecule has 18 heavy (non-hydrogen) atoms. The van der Waals surface area contributed by atoms with E-state index in [0.29, 0.717) is 13.2 Å². The van der Waals surface area contributed by atoms with Gasteiger partial charge in [-0.3, -0.25) is 4.90 Å². The second-order valence-electron chi connectivity index (χ2n) is 5.15. The zero-order valence-corrected chi connectivity index (χ0v) is 12.0. The van der Waals surface area contributed by atoms with Gasteiger partial charge < -0.3 is 15.2 Å². The fourth-order valence-corrected chi connectivity index (χ4v) is 2.05. The van der Waals surface area contributed by atoms with E-state index in [2.05, 4.69) is 24.1 Å². The topological polar surface area (TPSA) is 44.7 Å². The van der Waals surface area contributed by atoms with E-state index >= 15 is 0 Å². The van der Waals surface area contributed by atoms with Gasteiger partial charge in [0.2, 0.25) is 0 Å². The van der Waals surface area contributed by atoms with Crippen LogP contribution in [0.1, 0.15) is 39.5 Å². The van der Waals surface area contributed by atoms with E-state index in [1.54, 1.807) is 0 Å². The number of unbranched alkanes of at least 4 members (excludes halogenated alkanes) is 1. The lowest BCUT2D eigenvalue weighted by molar-refractivity contribution is 0.0357. The SMILES string of the molecule is CCCCOCC(O)CNCCN(CC)C1CC1. The van der Waals surface area contributed by atoms with E-state index in [1.165, 1.54) is 12.8 Å². The molecule has 1 atom stereocenters. The largest absolute Gasteiger partial charge is 0.389 e. The van der Waals surface area contributed by atoms with Crippen molar-refractivity contribution in [2.24, 2.45) is 0 Å². The molecular formula is C14H30N2O2. The molecule has 0 aromatic carbocycles. The van der Waals surface area contributed by atoms with Gasteiger partial charge >= 0.3 is 0 Å². The summed E-state index contributed by atoms with van der Waals surface area (Å²) >= 11 is 0. The summed E-state index contributed by atoms with van der Waals surface area (Å²) in [6, 6.07) is 0.833. The van der Waals surface area contributed by atoms with Crippen molar-refractivity contribution in [3.05, 3.63) is 0 Å². The molecule has 0 heterocycles. The van der Waals surface area contributed by atoms with Crippen molar-refractivity contribution in [3.8, 4) is 0 Å². The first-order chi connectivity index (χ1) is 8.77. The van der Waals surface area contributed by atoms with Crippen LogP contribution in [0.15, 0.2) is 0 Å². The van der Waals surface area contributed by atoms with Crippen LogP contribution in [-0.2, 0) is 4.74 Å². The molecule has 1 fully saturated rings. The van der Waals surface area contributed by atoms with E-state index in [4.69, 9.17) is 4.74 Å². The van der Waals surface area contributed by atoms with Gasteiger partial charge in [-0.1, -0.05) is 20.3 Å². The van der Waals surface area contributed by atoms with Gasteiger partial charge in [-0.25, -0.2) is 0 Å². The van der Waals surface area contributed by atoms with Crippen molar-refractivity contribution in [2.75, 3.05) is 39.4 Å². The highest BCUT2D eigenvalue weighted by Crippen LogP contribution is 2.25. The Balaban J connectivity index is 1.89. The van der Waals surface area contributed by atoms with E-state index in [9.17, 15) is 5.11 Å². The molecule has 0 aliphatic heterocycles. The maximum atomic E-state index is 9.69. The lowest BCUT2D eigenvalue weighted by Gasteiger charge is -2.20. The van der Waals surface area contributed by atoms with Crippen LogP contribution < -0.4 is 5.32 Å². The summed E-state index contributed by atoms with van der Waals surface area (Å²) in [5, 5.41) is 13.0. The molecular weight excluding hydrogens is 228 g/mol. The summed E-state index contributed by atoms with van der Waals surface area (Å²) in [7, 11) is 0. The molecule has 108 valence electrons. The van der Waals surface area contributed by atoms with Crippen molar-refractivity contribution < 1.29 is 9.84 Å². The van der Waals surface area contributed by atoms with Crippen LogP contribution in [0.2, 0.25) is 0 Å². The van der Waals surface area contributed by atoms with Crippen LogP contribution >= 0.6 is 0 Å². The van der Waals surface area contributed by atoms with Gasteiger partial charge in [0.1, 0.15) is 0 Å². The molecule has 0 aromatic heterocycles. The van der Waals surface area contributed by atoms with E-state index < -0.39 is 0 Å². The lowest BCUT2D eigenvalue weighted by atomic mass is 10.3. The highest BCUT2D eigenvalue weighted by molar-refractivity contribution is 4.84. The number of rotatable bonds is 12. The summed E-state index contributed by atoms with van der Waals surface area (Å²) in [6.07, 6.45) is 4.57. The number of nitrogens with zero attached hydrogens (tertiary/aromatic N) is 1. The molecule has 1 aliphatic carbocycles. The van der Waals surface area contributed by atoms with Gasteiger partial charge in [0.25, 0.3) is 0 Å². The molecule has 0 aromatic rings. The summed E-state index contributed by atoms with van der Waals surface area (Å²) in [5.41, 5.74) is 0. The Morgan fingerprint density at radius 1 is 1.39 bits per heavy atom. The van der Waals surface area contributed by atoms with Crippen LogP contribution in [-0.4, -0.2) is 61.5 Å². The Morgan fingerprint density at radius 2 is 2.17 bits per heavy atom. The third-order valence-electron chi connectivity index (χ3n) is 3.38. The number of hydrogen-bond acceptors (Lipinski definition) is 4. The van der Waals surface area contributed by atoms with Crippen molar-refractivity contribution >= 4 is 0 Å². The number of ether oxygens (including phenoxy) is 1. The fraction of sp³-hybridized carbons (Fsp3) is 1.00. The molecule has 0 saturated heterocycles. The van der Waals surface area contributed by atoms with Gasteiger partial charge in [-0.2, -0.15) is 0 Å². The standard InChI is InChI=1S/C14H30N2O2/c1-3-5-10-18-12-14(17)11-15-8-9-16(4-2)13-6-7-13/h13-15,17H,3-12H2,1-2H3. The maximum Gasteiger partial charge on any atom is 0.0897 e. The molecule has 0 amide bonds. The van der Waals surface area contributed by atoms with Crippen LogP contribution in [0.5, 0.6) is 0 Å². The summed E-state index contributed by atoms with van der Waals surface area (Å²) in [5.74, 6) is 0. The molecule has 0 bridgehead atoms. The Hall–Kier alpha value is -0.160. The van der Waals surface area contributed by atoms with Gasteiger partial charge in [0.15, 0.2) is 0 Å². The molecule has 0 spiro atoms. The molecule has 4 heteroatoms. The van der Waals surface area contributed by atoms with E-state index in [-0.39, 0.29) is 6.10 Å². The van der Waals surface area contributed by atoms with Crippen molar-refractivity contribution in [1.29, 1.82) is 0 Å². The Morgan fingerprint density at radius 3 is 2.78 bits per heavy atom. The van der Waals surface area contributed by atoms with Crippen LogP contribution in [0.3, 0.4) is 0 Å². The van der Waals surface area contributed by atoms with Crippen molar-refractivity contribution in [1.82, 2.24) is 10.2 Å². The van der Waals surface area contributed by atoms with Gasteiger partial charge in [-0.15, -0.1) is 0 Å². The van der Waals surface area contributed by atoms with Crippen molar-refractivity contribution in [3.63, 3.8) is 0 Å². The summed E-state index contributed by atoms with van der Waals surface area (Å²) < 4.78 is 5.38. The number of hydrogen-bond donors (Lipinski definition) is 2. The third-order valence-corrected chi connectivity index (χ3v) is 3.38. The molecule has 1 aliphatic rings. The predicted octanol–water partition coefficient (Wildman–Crippen LogP) is 1.24. The predicted molar refractivity (Wildman–Crippen MR) is 74.9 cm³/mol. The second-order valence-corrected chi connectivity index (χ2v) is 5.15. The van der Waals surface area contributed by atoms with Crippen LogP contribution in [0, 0.1) is 0 Å². The average Bonchev–Trinajstić information content (AvgIpc) is 3.19. The average molecular weight is 258 g/mol. The van der Waals surface area contributed by atoms with Gasteiger partial charge in [-0.05, 0) is 25.8 Å². The maximum absolute atomic E-state index is 9.69. The number of aliphatic hydroxyl groups is 1. The molecule has 4 nitrogen and oxygen atoms in total. The third kappa shape index (κ3) is 7.31. The minimum atomic E-state index is -0.377. The zero-order valence-electron chi connectivity index (χ0n) is 12.0. The Kier molecular flexibility index (Phi) is 8.59. The Bertz CT molecular complexity index is 198. The zero-order chi connectivity index (χ0) is 13.2. The first kappa shape index (κ1) is 15.9. The molecule has 1 rings (SSSR count). The number of nitrogens with one attached hydrogen (secondary N) is 1. The highest BCUT2D eigenvalue weighted by Gasteiger charge is 2.26. The van der Waals surface area contributed by atoms with E-state index in [1.807, 2.05) is 0 Å². The smallest absolute Gasteiger partial charge is 0.0897 e. The minimum absolute atomic E-state index is 0.377. The number of likely N-dealkylation sites (N-methyl/N-ethyl adjacent to an activating group) is 1. The van der Waals surface area contributed by atoms with Gasteiger partial charge in [0.05, 0.1) is 12.7 Å². The monoisotopic (exact) mass is 258 g/mol. The fourth-order valence-electron chi connectivity index (χ4n) is 2.05. The molecule has 2 N–H and O–H groups in total. The van der Waals surface area contributed by atoms with Crippen LogP contribution in [0.25, 0.3) is 0 Å².